The monoisotopic (exact) mass is 404 g/mol. The third kappa shape index (κ3) is 4.14. The van der Waals surface area contributed by atoms with E-state index < -0.39 is 0 Å². The first kappa shape index (κ1) is 20.2. The molecule has 8 heteroatoms. The van der Waals surface area contributed by atoms with Crippen LogP contribution in [0.15, 0.2) is 33.9 Å². The van der Waals surface area contributed by atoms with Crippen LogP contribution in [0.25, 0.3) is 11.2 Å². The average molecular weight is 405 g/mol. The summed E-state index contributed by atoms with van der Waals surface area (Å²) in [5.41, 5.74) is 0.936. The zero-order valence-corrected chi connectivity index (χ0v) is 17.0. The van der Waals surface area contributed by atoms with Gasteiger partial charge in [-0.05, 0) is 42.5 Å². The quantitative estimate of drug-likeness (QED) is 0.438. The Bertz CT molecular complexity index is 1070. The summed E-state index contributed by atoms with van der Waals surface area (Å²) in [6.45, 7) is 2.93. The van der Waals surface area contributed by atoms with Crippen molar-refractivity contribution in [2.45, 2.75) is 52.1 Å². The number of hydrogen-bond acceptors (Lipinski definition) is 4. The predicted octanol–water partition coefficient (Wildman–Crippen LogP) is 3.37. The Labute approximate surface area is 167 Å². The molecule has 7 nitrogen and oxygen atoms in total. The molecule has 28 heavy (non-hydrogen) atoms. The Balaban J connectivity index is 1.89. The molecule has 0 spiro atoms. The fourth-order valence-electron chi connectivity index (χ4n) is 3.39. The van der Waals surface area contributed by atoms with Crippen LogP contribution < -0.4 is 16.0 Å². The number of ether oxygens (including phenoxy) is 1. The van der Waals surface area contributed by atoms with Crippen LogP contribution >= 0.6 is 11.6 Å². The summed E-state index contributed by atoms with van der Waals surface area (Å²) < 4.78 is 8.20. The number of para-hydroxylation sites is 1. The van der Waals surface area contributed by atoms with Gasteiger partial charge in [0.1, 0.15) is 5.75 Å². The largest absolute Gasteiger partial charge is 0.496 e. The molecule has 1 N–H and O–H groups in total. The van der Waals surface area contributed by atoms with Gasteiger partial charge in [0.15, 0.2) is 11.2 Å². The number of methoxy groups -OCH3 is 1. The number of nitrogens with one attached hydrogen (secondary N) is 1. The van der Waals surface area contributed by atoms with Gasteiger partial charge in [-0.2, -0.15) is 4.98 Å². The van der Waals surface area contributed by atoms with Crippen molar-refractivity contribution < 1.29 is 4.74 Å². The summed E-state index contributed by atoms with van der Waals surface area (Å²) in [7, 11) is 1.63. The molecule has 0 unspecified atom stereocenters. The molecular weight excluding hydrogens is 380 g/mol. The van der Waals surface area contributed by atoms with E-state index in [0.717, 1.165) is 30.6 Å². The van der Waals surface area contributed by atoms with Crippen molar-refractivity contribution >= 4 is 22.8 Å². The molecule has 1 aromatic carbocycles. The van der Waals surface area contributed by atoms with Crippen molar-refractivity contribution in [1.29, 1.82) is 0 Å². The molecule has 0 aliphatic carbocycles. The van der Waals surface area contributed by atoms with Crippen molar-refractivity contribution in [2.24, 2.45) is 0 Å². The maximum atomic E-state index is 13.0. The van der Waals surface area contributed by atoms with E-state index >= 15 is 0 Å². The normalized spacial score (nSPS) is 11.2. The van der Waals surface area contributed by atoms with Gasteiger partial charge in [0, 0.05) is 13.1 Å². The first-order valence-corrected chi connectivity index (χ1v) is 9.95. The van der Waals surface area contributed by atoms with Gasteiger partial charge < -0.3 is 9.72 Å². The maximum Gasteiger partial charge on any atom is 0.332 e. The average Bonchev–Trinajstić information content (AvgIpc) is 3.09. The minimum absolute atomic E-state index is 0.113. The topological polar surface area (TPSA) is 81.9 Å². The maximum absolute atomic E-state index is 13.0. The number of H-pyrrole nitrogens is 1. The molecule has 0 bridgehead atoms. The highest BCUT2D eigenvalue weighted by Gasteiger charge is 2.16. The SMILES string of the molecule is CCCCCn1c(=O)n(CCCc2ccccc2OC)c(=O)c2[nH]c(Cl)nc21. The van der Waals surface area contributed by atoms with Crippen molar-refractivity contribution in [2.75, 3.05) is 7.11 Å². The third-order valence-corrected chi connectivity index (χ3v) is 5.02. The van der Waals surface area contributed by atoms with E-state index in [9.17, 15) is 9.59 Å². The van der Waals surface area contributed by atoms with E-state index in [1.807, 2.05) is 24.3 Å². The fourth-order valence-corrected chi connectivity index (χ4v) is 3.57. The van der Waals surface area contributed by atoms with Crippen LogP contribution in [0.3, 0.4) is 0 Å². The number of hydrogen-bond donors (Lipinski definition) is 1. The van der Waals surface area contributed by atoms with Gasteiger partial charge in [-0.25, -0.2) is 4.79 Å². The molecule has 0 aliphatic heterocycles. The summed E-state index contributed by atoms with van der Waals surface area (Å²) >= 11 is 5.97. The van der Waals surface area contributed by atoms with Crippen LogP contribution in [0.4, 0.5) is 0 Å². The second-order valence-electron chi connectivity index (χ2n) is 6.74. The smallest absolute Gasteiger partial charge is 0.332 e. The Hall–Kier alpha value is -2.54. The van der Waals surface area contributed by atoms with Crippen LogP contribution in [-0.2, 0) is 19.5 Å². The minimum atomic E-state index is -0.383. The molecule has 0 aliphatic rings. The summed E-state index contributed by atoms with van der Waals surface area (Å²) in [5, 5.41) is 0.113. The molecule has 3 aromatic rings. The number of nitrogens with zero attached hydrogens (tertiary/aromatic N) is 3. The molecule has 150 valence electrons. The van der Waals surface area contributed by atoms with E-state index in [0.29, 0.717) is 31.6 Å². The number of rotatable bonds is 9. The number of fused-ring (bicyclic) bond motifs is 1. The first-order valence-electron chi connectivity index (χ1n) is 9.57. The highest BCUT2D eigenvalue weighted by molar-refractivity contribution is 6.28. The number of benzene rings is 1. The van der Waals surface area contributed by atoms with Gasteiger partial charge in [-0.1, -0.05) is 38.0 Å². The summed E-state index contributed by atoms with van der Waals surface area (Å²) in [4.78, 5) is 32.7. The number of unbranched alkanes of at least 4 members (excludes halogenated alkanes) is 2. The van der Waals surface area contributed by atoms with Gasteiger partial charge in [0.25, 0.3) is 5.56 Å². The van der Waals surface area contributed by atoms with Gasteiger partial charge in [-0.15, -0.1) is 0 Å². The minimum Gasteiger partial charge on any atom is -0.496 e. The lowest BCUT2D eigenvalue weighted by molar-refractivity contribution is 0.408. The second-order valence-corrected chi connectivity index (χ2v) is 7.10. The standard InChI is InChI=1S/C20H25ClN4O3/c1-3-4-7-12-24-17-16(22-19(21)23-17)18(26)25(20(24)27)13-8-10-14-9-5-6-11-15(14)28-2/h5-6,9,11H,3-4,7-8,10,12-13H2,1-2H3,(H,22,23). The van der Waals surface area contributed by atoms with Crippen LogP contribution in [0.5, 0.6) is 5.75 Å². The van der Waals surface area contributed by atoms with Crippen LogP contribution in [0, 0.1) is 0 Å². The molecule has 0 saturated carbocycles. The predicted molar refractivity (Wildman–Crippen MR) is 110 cm³/mol. The third-order valence-electron chi connectivity index (χ3n) is 4.84. The van der Waals surface area contributed by atoms with E-state index in [-0.39, 0.29) is 22.0 Å². The lowest BCUT2D eigenvalue weighted by Gasteiger charge is -2.12. The molecule has 0 amide bonds. The van der Waals surface area contributed by atoms with Crippen molar-refractivity contribution in [3.05, 3.63) is 56.0 Å². The Kier molecular flexibility index (Phi) is 6.57. The number of halogens is 1. The molecule has 2 aromatic heterocycles. The Morgan fingerprint density at radius 2 is 1.86 bits per heavy atom. The molecule has 0 radical (unpaired) electrons. The zero-order valence-electron chi connectivity index (χ0n) is 16.2. The van der Waals surface area contributed by atoms with Gasteiger partial charge in [0.2, 0.25) is 5.28 Å². The van der Waals surface area contributed by atoms with Gasteiger partial charge in [0.05, 0.1) is 7.11 Å². The molecular formula is C20H25ClN4O3. The molecule has 0 atom stereocenters. The summed E-state index contributed by atoms with van der Waals surface area (Å²) in [6, 6.07) is 7.75. The molecule has 2 heterocycles. The summed E-state index contributed by atoms with van der Waals surface area (Å²) in [6.07, 6.45) is 4.22. The Morgan fingerprint density at radius 3 is 2.61 bits per heavy atom. The molecule has 3 rings (SSSR count). The lowest BCUT2D eigenvalue weighted by atomic mass is 10.1. The van der Waals surface area contributed by atoms with Gasteiger partial charge in [-0.3, -0.25) is 13.9 Å². The second kappa shape index (κ2) is 9.10. The zero-order chi connectivity index (χ0) is 20.1. The number of aryl methyl sites for hydroxylation is 2. The van der Waals surface area contributed by atoms with Crippen LogP contribution in [0.2, 0.25) is 5.28 Å². The lowest BCUT2D eigenvalue weighted by Crippen LogP contribution is -2.40. The molecule has 0 fully saturated rings. The van der Waals surface area contributed by atoms with E-state index in [4.69, 9.17) is 16.3 Å². The van der Waals surface area contributed by atoms with E-state index in [2.05, 4.69) is 16.9 Å². The van der Waals surface area contributed by atoms with Crippen molar-refractivity contribution in [1.82, 2.24) is 19.1 Å². The van der Waals surface area contributed by atoms with Gasteiger partial charge >= 0.3 is 5.69 Å². The van der Waals surface area contributed by atoms with Crippen molar-refractivity contribution in [3.8, 4) is 5.75 Å². The van der Waals surface area contributed by atoms with Crippen molar-refractivity contribution in [3.63, 3.8) is 0 Å². The molecule has 0 saturated heterocycles. The number of aromatic nitrogens is 4. The highest BCUT2D eigenvalue weighted by atomic mass is 35.5. The highest BCUT2D eigenvalue weighted by Crippen LogP contribution is 2.19. The Morgan fingerprint density at radius 1 is 1.11 bits per heavy atom. The number of imidazole rings is 1. The van der Waals surface area contributed by atoms with Crippen LogP contribution in [0.1, 0.15) is 38.2 Å². The van der Waals surface area contributed by atoms with Crippen LogP contribution in [-0.4, -0.2) is 26.2 Å². The fraction of sp³-hybridized carbons (Fsp3) is 0.450. The number of aromatic amines is 1. The first-order chi connectivity index (χ1) is 13.6. The van der Waals surface area contributed by atoms with E-state index in [1.54, 1.807) is 11.7 Å². The van der Waals surface area contributed by atoms with E-state index in [1.165, 1.54) is 4.57 Å². The summed E-state index contributed by atoms with van der Waals surface area (Å²) in [5.74, 6) is 0.808.